The minimum absolute atomic E-state index is 0.317. The zero-order valence-electron chi connectivity index (χ0n) is 12.4. The topological polar surface area (TPSA) is 76.1 Å². The highest BCUT2D eigenvalue weighted by atomic mass is 14.9. The van der Waals surface area contributed by atoms with Crippen molar-refractivity contribution in [2.75, 3.05) is 26.2 Å². The summed E-state index contributed by atoms with van der Waals surface area (Å²) in [6.07, 6.45) is 7.22. The summed E-state index contributed by atoms with van der Waals surface area (Å²) in [5.74, 6) is 0. The quantitative estimate of drug-likeness (QED) is 0.374. The summed E-state index contributed by atoms with van der Waals surface area (Å²) in [6, 6.07) is 0.633. The standard InChI is InChI=1S/C14H34N4/c1-3-13(15)11-17-9-7-5-6-8-10-18-12-14(16)4-2/h13-14,17-18H,3-12,15-16H2,1-2H3. The highest BCUT2D eigenvalue weighted by Crippen LogP contribution is 1.98. The molecule has 4 nitrogen and oxygen atoms in total. The SMILES string of the molecule is CCC(N)CNCCCCCCNCC(N)CC. The van der Waals surface area contributed by atoms with Gasteiger partial charge in [0.05, 0.1) is 0 Å². The fourth-order valence-electron chi connectivity index (χ4n) is 1.72. The molecule has 0 aliphatic heterocycles. The van der Waals surface area contributed by atoms with E-state index in [1.165, 1.54) is 25.7 Å². The Morgan fingerprint density at radius 1 is 0.722 bits per heavy atom. The molecule has 6 N–H and O–H groups in total. The van der Waals surface area contributed by atoms with E-state index in [0.29, 0.717) is 12.1 Å². The first-order valence-corrected chi connectivity index (χ1v) is 7.63. The average molecular weight is 258 g/mol. The van der Waals surface area contributed by atoms with E-state index >= 15 is 0 Å². The largest absolute Gasteiger partial charge is 0.327 e. The lowest BCUT2D eigenvalue weighted by atomic mass is 10.2. The van der Waals surface area contributed by atoms with Crippen LogP contribution in [-0.4, -0.2) is 38.3 Å². The third-order valence-electron chi connectivity index (χ3n) is 3.32. The molecule has 0 radical (unpaired) electrons. The molecule has 2 atom stereocenters. The molecule has 0 spiro atoms. The van der Waals surface area contributed by atoms with Crippen molar-refractivity contribution in [3.05, 3.63) is 0 Å². The van der Waals surface area contributed by atoms with Gasteiger partial charge in [0.2, 0.25) is 0 Å². The predicted octanol–water partition coefficient (Wildman–Crippen LogP) is 1.20. The number of hydrogen-bond acceptors (Lipinski definition) is 4. The van der Waals surface area contributed by atoms with Gasteiger partial charge in [-0.25, -0.2) is 0 Å². The molecule has 110 valence electrons. The van der Waals surface area contributed by atoms with Crippen LogP contribution >= 0.6 is 0 Å². The van der Waals surface area contributed by atoms with E-state index in [4.69, 9.17) is 11.5 Å². The van der Waals surface area contributed by atoms with Crippen molar-refractivity contribution in [1.82, 2.24) is 10.6 Å². The van der Waals surface area contributed by atoms with Crippen LogP contribution in [0.15, 0.2) is 0 Å². The second kappa shape index (κ2) is 13.3. The zero-order chi connectivity index (χ0) is 13.6. The Hall–Kier alpha value is -0.160. The molecule has 18 heavy (non-hydrogen) atoms. The summed E-state index contributed by atoms with van der Waals surface area (Å²) < 4.78 is 0. The molecule has 0 aromatic carbocycles. The maximum absolute atomic E-state index is 5.82. The van der Waals surface area contributed by atoms with Crippen molar-refractivity contribution in [1.29, 1.82) is 0 Å². The normalized spacial score (nSPS) is 14.7. The summed E-state index contributed by atoms with van der Waals surface area (Å²) in [6.45, 7) is 8.36. The van der Waals surface area contributed by atoms with Gasteiger partial charge in [-0.2, -0.15) is 0 Å². The van der Waals surface area contributed by atoms with Crippen LogP contribution < -0.4 is 22.1 Å². The van der Waals surface area contributed by atoms with Crippen LogP contribution in [0.1, 0.15) is 52.4 Å². The molecule has 0 rings (SSSR count). The lowest BCUT2D eigenvalue weighted by Gasteiger charge is -2.11. The lowest BCUT2D eigenvalue weighted by Crippen LogP contribution is -2.33. The molecule has 0 aliphatic carbocycles. The van der Waals surface area contributed by atoms with E-state index in [9.17, 15) is 0 Å². The summed E-state index contributed by atoms with van der Waals surface area (Å²) >= 11 is 0. The van der Waals surface area contributed by atoms with Gasteiger partial charge in [0.25, 0.3) is 0 Å². The van der Waals surface area contributed by atoms with Gasteiger partial charge in [0.15, 0.2) is 0 Å². The Kier molecular flexibility index (Phi) is 13.2. The number of rotatable bonds is 13. The average Bonchev–Trinajstić information content (AvgIpc) is 2.40. The van der Waals surface area contributed by atoms with Gasteiger partial charge >= 0.3 is 0 Å². The molecule has 0 aromatic heterocycles. The van der Waals surface area contributed by atoms with Crippen molar-refractivity contribution in [2.45, 2.75) is 64.5 Å². The first-order chi connectivity index (χ1) is 8.70. The first kappa shape index (κ1) is 17.8. The molecule has 4 heteroatoms. The maximum Gasteiger partial charge on any atom is 0.0162 e. The number of hydrogen-bond donors (Lipinski definition) is 4. The van der Waals surface area contributed by atoms with Gasteiger partial charge in [-0.05, 0) is 38.8 Å². The maximum atomic E-state index is 5.82. The molecular formula is C14H34N4. The molecule has 0 aromatic rings. The second-order valence-electron chi connectivity index (χ2n) is 5.16. The molecule has 0 bridgehead atoms. The van der Waals surface area contributed by atoms with Crippen molar-refractivity contribution in [3.8, 4) is 0 Å². The van der Waals surface area contributed by atoms with E-state index < -0.39 is 0 Å². The van der Waals surface area contributed by atoms with E-state index in [2.05, 4.69) is 24.5 Å². The van der Waals surface area contributed by atoms with Crippen LogP contribution in [0.5, 0.6) is 0 Å². The first-order valence-electron chi connectivity index (χ1n) is 7.63. The molecule has 0 aliphatic rings. The van der Waals surface area contributed by atoms with Crippen LogP contribution in [0.4, 0.5) is 0 Å². The Labute approximate surface area is 113 Å². The molecule has 0 heterocycles. The second-order valence-corrected chi connectivity index (χ2v) is 5.16. The highest BCUT2D eigenvalue weighted by molar-refractivity contribution is 4.63. The Morgan fingerprint density at radius 3 is 1.44 bits per heavy atom. The number of nitrogens with one attached hydrogen (secondary N) is 2. The van der Waals surface area contributed by atoms with Crippen LogP contribution in [0.3, 0.4) is 0 Å². The minimum atomic E-state index is 0.317. The smallest absolute Gasteiger partial charge is 0.0162 e. The summed E-state index contributed by atoms with van der Waals surface area (Å²) in [4.78, 5) is 0. The fraction of sp³-hybridized carbons (Fsp3) is 1.00. The van der Waals surface area contributed by atoms with Crippen molar-refractivity contribution >= 4 is 0 Å². The number of nitrogens with two attached hydrogens (primary N) is 2. The van der Waals surface area contributed by atoms with Crippen molar-refractivity contribution in [2.24, 2.45) is 11.5 Å². The van der Waals surface area contributed by atoms with E-state index in [1.54, 1.807) is 0 Å². The zero-order valence-corrected chi connectivity index (χ0v) is 12.4. The molecule has 0 fully saturated rings. The van der Waals surface area contributed by atoms with Crippen LogP contribution in [0, 0.1) is 0 Å². The van der Waals surface area contributed by atoms with E-state index in [0.717, 1.165) is 39.0 Å². The predicted molar refractivity (Wildman–Crippen MR) is 80.7 cm³/mol. The van der Waals surface area contributed by atoms with Gasteiger partial charge in [-0.3, -0.25) is 0 Å². The Balaban J connectivity index is 3.03. The van der Waals surface area contributed by atoms with E-state index in [-0.39, 0.29) is 0 Å². The third kappa shape index (κ3) is 12.3. The van der Waals surface area contributed by atoms with Crippen LogP contribution in [-0.2, 0) is 0 Å². The molecule has 2 unspecified atom stereocenters. The minimum Gasteiger partial charge on any atom is -0.327 e. The molecule has 0 amide bonds. The van der Waals surface area contributed by atoms with Gasteiger partial charge in [-0.1, -0.05) is 26.7 Å². The van der Waals surface area contributed by atoms with Gasteiger partial charge in [0.1, 0.15) is 0 Å². The molecule has 0 saturated carbocycles. The Morgan fingerprint density at radius 2 is 1.11 bits per heavy atom. The fourth-order valence-corrected chi connectivity index (χ4v) is 1.72. The van der Waals surface area contributed by atoms with Gasteiger partial charge in [0, 0.05) is 25.2 Å². The summed E-state index contributed by atoms with van der Waals surface area (Å²) in [5.41, 5.74) is 11.6. The monoisotopic (exact) mass is 258 g/mol. The van der Waals surface area contributed by atoms with Crippen molar-refractivity contribution in [3.63, 3.8) is 0 Å². The molecule has 0 saturated heterocycles. The Bertz CT molecular complexity index is 146. The number of unbranched alkanes of at least 4 members (excludes halogenated alkanes) is 3. The van der Waals surface area contributed by atoms with Gasteiger partial charge < -0.3 is 22.1 Å². The summed E-state index contributed by atoms with van der Waals surface area (Å²) in [7, 11) is 0. The molecular weight excluding hydrogens is 224 g/mol. The third-order valence-corrected chi connectivity index (χ3v) is 3.32. The highest BCUT2D eigenvalue weighted by Gasteiger charge is 1.98. The van der Waals surface area contributed by atoms with E-state index in [1.807, 2.05) is 0 Å². The summed E-state index contributed by atoms with van der Waals surface area (Å²) in [5, 5.41) is 6.81. The van der Waals surface area contributed by atoms with Crippen LogP contribution in [0.25, 0.3) is 0 Å². The van der Waals surface area contributed by atoms with Crippen molar-refractivity contribution < 1.29 is 0 Å². The lowest BCUT2D eigenvalue weighted by molar-refractivity contribution is 0.517. The van der Waals surface area contributed by atoms with Crippen LogP contribution in [0.2, 0.25) is 0 Å². The van der Waals surface area contributed by atoms with Gasteiger partial charge in [-0.15, -0.1) is 0 Å².